The topological polar surface area (TPSA) is 15.6 Å². The van der Waals surface area contributed by atoms with E-state index in [0.717, 1.165) is 13.0 Å². The molecule has 0 fully saturated rings. The predicted molar refractivity (Wildman–Crippen MR) is 31.2 cm³/mol. The number of nitrogens with one attached hydrogen (secondary N) is 1. The first-order valence-corrected chi connectivity index (χ1v) is 2.67. The van der Waals surface area contributed by atoms with Crippen LogP contribution in [-0.2, 0) is 0 Å². The molecule has 1 N–H and O–H groups in total. The Hall–Kier alpha value is -0.300. The molecular weight excluding hydrogens is 86.1 g/mol. The number of hydrogen-bond acceptors (Lipinski definition) is 1. The third-order valence-electron chi connectivity index (χ3n) is 0.835. The van der Waals surface area contributed by atoms with Gasteiger partial charge in [-0.1, -0.05) is 6.08 Å². The van der Waals surface area contributed by atoms with Crippen LogP contribution in [0.4, 0.5) is 0 Å². The van der Waals surface area contributed by atoms with Gasteiger partial charge in [0.25, 0.3) is 0 Å². The molecule has 0 rings (SSSR count). The van der Waals surface area contributed by atoms with Crippen molar-refractivity contribution < 1.29 is 5.32 Å². The van der Waals surface area contributed by atoms with E-state index in [1.54, 1.807) is 0 Å². The van der Waals surface area contributed by atoms with E-state index in [9.17, 15) is 0 Å². The van der Waals surface area contributed by atoms with Gasteiger partial charge in [0.2, 0.25) is 0 Å². The van der Waals surface area contributed by atoms with Crippen LogP contribution in [0.5, 0.6) is 0 Å². The minimum absolute atomic E-state index is 1.10. The Labute approximate surface area is 45.4 Å². The van der Waals surface area contributed by atoms with E-state index in [2.05, 4.69) is 11.9 Å². The molecule has 0 aromatic rings. The van der Waals surface area contributed by atoms with Gasteiger partial charge in [-0.25, -0.2) is 0 Å². The zero-order valence-corrected chi connectivity index (χ0v) is 4.91. The second-order valence-corrected chi connectivity index (χ2v) is 1.53. The van der Waals surface area contributed by atoms with Crippen molar-refractivity contribution in [2.24, 2.45) is 0 Å². The fourth-order valence-electron chi connectivity index (χ4n) is 0.423. The monoisotopic (exact) mass is 99.1 g/mol. The molecule has 7 heavy (non-hydrogen) atoms. The maximum atomic E-state index is 3.60. The number of allylic oxidation sites excluding steroid dienone is 1. The Morgan fingerprint density at radius 3 is 2.86 bits per heavy atom. The van der Waals surface area contributed by atoms with Gasteiger partial charge in [-0.2, -0.15) is 5.32 Å². The average Bonchev–Trinajstić information content (AvgIpc) is 1.69. The van der Waals surface area contributed by atoms with Gasteiger partial charge in [-0.05, 0) is 6.42 Å². The zero-order valence-electron chi connectivity index (χ0n) is 4.91. The molecule has 0 aromatic carbocycles. The third-order valence-corrected chi connectivity index (χ3v) is 0.835. The fraction of sp³-hybridized carbons (Fsp3) is 0.667. The highest BCUT2D eigenvalue weighted by Gasteiger charge is 1.82. The molecule has 1 heteroatoms. The van der Waals surface area contributed by atoms with Crippen LogP contribution >= 0.6 is 0 Å². The standard InChI is InChI=1S/C6H13N/c1-3-4-5-6-7-2/h3,7H,1,4-6H2,2H3/q+1. The molecule has 0 aliphatic carbocycles. The first kappa shape index (κ1) is 6.70. The van der Waals surface area contributed by atoms with Crippen LogP contribution < -0.4 is 5.32 Å². The zero-order chi connectivity index (χ0) is 5.54. The van der Waals surface area contributed by atoms with E-state index < -0.39 is 0 Å². The second-order valence-electron chi connectivity index (χ2n) is 1.53. The van der Waals surface area contributed by atoms with Crippen molar-refractivity contribution >= 4 is 0 Å². The van der Waals surface area contributed by atoms with E-state index in [1.165, 1.54) is 6.42 Å². The first-order valence-electron chi connectivity index (χ1n) is 2.67. The lowest BCUT2D eigenvalue weighted by atomic mass is 10.3. The van der Waals surface area contributed by atoms with E-state index in [0.29, 0.717) is 0 Å². The van der Waals surface area contributed by atoms with Crippen molar-refractivity contribution in [2.75, 3.05) is 13.6 Å². The van der Waals surface area contributed by atoms with Crippen molar-refractivity contribution in [3.63, 3.8) is 0 Å². The van der Waals surface area contributed by atoms with E-state index >= 15 is 0 Å². The van der Waals surface area contributed by atoms with Crippen LogP contribution in [0.15, 0.2) is 12.7 Å². The summed E-state index contributed by atoms with van der Waals surface area (Å²) in [6.45, 7) is 4.71. The highest BCUT2D eigenvalue weighted by Crippen LogP contribution is 1.81. The summed E-state index contributed by atoms with van der Waals surface area (Å²) in [6, 6.07) is 0. The van der Waals surface area contributed by atoms with Crippen LogP contribution in [0.2, 0.25) is 0 Å². The van der Waals surface area contributed by atoms with Gasteiger partial charge in [0.05, 0.1) is 0 Å². The molecule has 0 heterocycles. The Kier molecular flexibility index (Phi) is 5.46. The molecule has 0 aromatic heterocycles. The summed E-state index contributed by atoms with van der Waals surface area (Å²) in [5.41, 5.74) is 0. The summed E-state index contributed by atoms with van der Waals surface area (Å²) in [4.78, 5) is 0. The maximum Gasteiger partial charge on any atom is 0.120 e. The molecule has 1 nitrogen and oxygen atoms in total. The molecule has 0 amide bonds. The highest BCUT2D eigenvalue weighted by atomic mass is 14.8. The van der Waals surface area contributed by atoms with Crippen LogP contribution in [-0.4, -0.2) is 13.6 Å². The van der Waals surface area contributed by atoms with Crippen molar-refractivity contribution in [1.29, 1.82) is 0 Å². The van der Waals surface area contributed by atoms with E-state index in [-0.39, 0.29) is 0 Å². The molecule has 0 atom stereocenters. The van der Waals surface area contributed by atoms with Gasteiger partial charge in [0.1, 0.15) is 13.6 Å². The Balaban J connectivity index is 2.56. The predicted octanol–water partition coefficient (Wildman–Crippen LogP) is -0.0684. The van der Waals surface area contributed by atoms with Gasteiger partial charge < -0.3 is 0 Å². The molecule has 0 saturated heterocycles. The number of rotatable bonds is 4. The molecule has 0 aliphatic rings. The third kappa shape index (κ3) is 5.70. The van der Waals surface area contributed by atoms with Crippen molar-refractivity contribution in [3.8, 4) is 0 Å². The van der Waals surface area contributed by atoms with Gasteiger partial charge in [0, 0.05) is 6.42 Å². The smallest absolute Gasteiger partial charge is 0.120 e. The summed E-state index contributed by atoms with van der Waals surface area (Å²) < 4.78 is 0. The normalized spacial score (nSPS) is 8.71. The van der Waals surface area contributed by atoms with Gasteiger partial charge in [0.15, 0.2) is 0 Å². The maximum absolute atomic E-state index is 3.60. The SMILES string of the molecule is C=CCCC[NH+]C. The lowest BCUT2D eigenvalue weighted by Gasteiger charge is -1.83. The van der Waals surface area contributed by atoms with E-state index in [4.69, 9.17) is 0 Å². The minimum Gasteiger partial charge on any atom is -0.185 e. The molecule has 0 saturated carbocycles. The summed E-state index contributed by atoms with van der Waals surface area (Å²) in [6.07, 6.45) is 4.28. The minimum atomic E-state index is 1.10. The van der Waals surface area contributed by atoms with Crippen molar-refractivity contribution in [2.45, 2.75) is 12.8 Å². The lowest BCUT2D eigenvalue weighted by molar-refractivity contribution is -0.627. The van der Waals surface area contributed by atoms with E-state index in [1.807, 2.05) is 13.1 Å². The van der Waals surface area contributed by atoms with Crippen LogP contribution in [0.25, 0.3) is 0 Å². The molecule has 0 bridgehead atoms. The average molecular weight is 99.2 g/mol. The lowest BCUT2D eigenvalue weighted by Crippen LogP contribution is -2.79. The number of unbranched alkanes of at least 4 members (excludes halogenated alkanes) is 1. The molecule has 0 aliphatic heterocycles. The molecule has 1 radical (unpaired) electrons. The highest BCUT2D eigenvalue weighted by molar-refractivity contribution is 4.64. The van der Waals surface area contributed by atoms with Crippen molar-refractivity contribution in [1.82, 2.24) is 0 Å². The Morgan fingerprint density at radius 1 is 1.71 bits per heavy atom. The Morgan fingerprint density at radius 2 is 2.43 bits per heavy atom. The number of hydrogen-bond donors (Lipinski definition) is 1. The van der Waals surface area contributed by atoms with Gasteiger partial charge in [-0.3, -0.25) is 0 Å². The first-order chi connectivity index (χ1) is 3.41. The summed E-state index contributed by atoms with van der Waals surface area (Å²) >= 11 is 0. The van der Waals surface area contributed by atoms with Crippen molar-refractivity contribution in [3.05, 3.63) is 12.7 Å². The molecule has 0 unspecified atom stereocenters. The van der Waals surface area contributed by atoms with Crippen LogP contribution in [0.1, 0.15) is 12.8 Å². The van der Waals surface area contributed by atoms with Gasteiger partial charge >= 0.3 is 0 Å². The van der Waals surface area contributed by atoms with Gasteiger partial charge in [-0.15, -0.1) is 6.58 Å². The van der Waals surface area contributed by atoms with Crippen LogP contribution in [0.3, 0.4) is 0 Å². The fourth-order valence-corrected chi connectivity index (χ4v) is 0.423. The quantitative estimate of drug-likeness (QED) is 0.375. The molecule has 41 valence electrons. The largest absolute Gasteiger partial charge is 0.185 e. The summed E-state index contributed by atoms with van der Waals surface area (Å²) in [5.74, 6) is 0. The second kappa shape index (κ2) is 5.70. The Bertz CT molecular complexity index is 41.4. The van der Waals surface area contributed by atoms with Crippen LogP contribution in [0, 0.1) is 0 Å². The summed E-state index contributed by atoms with van der Waals surface area (Å²) in [7, 11) is 1.96. The molecular formula is C6H13N+. The molecule has 0 spiro atoms. The summed E-state index contributed by atoms with van der Waals surface area (Å²) in [5, 5.41) is 3.05.